The highest BCUT2D eigenvalue weighted by Crippen LogP contribution is 2.38. The fraction of sp³-hybridized carbons (Fsp3) is 0.536. The lowest BCUT2D eigenvalue weighted by Gasteiger charge is -2.30. The van der Waals surface area contributed by atoms with Crippen molar-refractivity contribution in [3.63, 3.8) is 0 Å². The van der Waals surface area contributed by atoms with Crippen LogP contribution in [0.3, 0.4) is 0 Å². The van der Waals surface area contributed by atoms with E-state index < -0.39 is 32.7 Å². The highest BCUT2D eigenvalue weighted by molar-refractivity contribution is 7.89. The van der Waals surface area contributed by atoms with Crippen molar-refractivity contribution in [2.24, 2.45) is 0 Å². The number of alkyl halides is 3. The molecular formula is C28H33ClF3N3O4S. The van der Waals surface area contributed by atoms with E-state index in [1.165, 1.54) is 19.3 Å². The van der Waals surface area contributed by atoms with Gasteiger partial charge < -0.3 is 10.1 Å². The SMILES string of the molecule is O=C(CC1CCCN1S(=O)(=O)c1cccc(C(F)(F)F)c1)N[C@@H]1CCOc2cc(CN3CCCCC3)c(Cl)cc21. The summed E-state index contributed by atoms with van der Waals surface area (Å²) in [5.74, 6) is 0.352. The number of likely N-dealkylation sites (tertiary alicyclic amines) is 1. The van der Waals surface area contributed by atoms with Crippen molar-refractivity contribution >= 4 is 27.5 Å². The number of hydrogen-bond donors (Lipinski definition) is 1. The van der Waals surface area contributed by atoms with Gasteiger partial charge in [-0.15, -0.1) is 0 Å². The molecule has 7 nitrogen and oxygen atoms in total. The first-order chi connectivity index (χ1) is 19.0. The molecule has 5 rings (SSSR count). The van der Waals surface area contributed by atoms with Gasteiger partial charge in [0.1, 0.15) is 5.75 Å². The zero-order chi connectivity index (χ0) is 28.5. The van der Waals surface area contributed by atoms with Gasteiger partial charge in [0, 0.05) is 42.6 Å². The molecule has 0 radical (unpaired) electrons. The molecule has 0 saturated carbocycles. The third kappa shape index (κ3) is 6.42. The topological polar surface area (TPSA) is 79.0 Å². The molecule has 2 saturated heterocycles. The largest absolute Gasteiger partial charge is 0.493 e. The molecule has 2 fully saturated rings. The Bertz CT molecular complexity index is 1350. The lowest BCUT2D eigenvalue weighted by Crippen LogP contribution is -2.40. The number of nitrogens with zero attached hydrogens (tertiary/aromatic N) is 2. The van der Waals surface area contributed by atoms with Gasteiger partial charge in [0.25, 0.3) is 0 Å². The number of carbonyl (C=O) groups excluding carboxylic acids is 1. The Morgan fingerprint density at radius 1 is 1.05 bits per heavy atom. The van der Waals surface area contributed by atoms with Crippen LogP contribution in [0.5, 0.6) is 5.75 Å². The Hall–Kier alpha value is -2.34. The molecule has 0 bridgehead atoms. The minimum absolute atomic E-state index is 0.0916. The van der Waals surface area contributed by atoms with Crippen LogP contribution in [0.25, 0.3) is 0 Å². The predicted molar refractivity (Wildman–Crippen MR) is 145 cm³/mol. The molecule has 1 N–H and O–H groups in total. The second-order valence-electron chi connectivity index (χ2n) is 10.7. The van der Waals surface area contributed by atoms with E-state index in [0.29, 0.717) is 42.7 Å². The lowest BCUT2D eigenvalue weighted by atomic mass is 9.97. The van der Waals surface area contributed by atoms with Gasteiger partial charge in [-0.3, -0.25) is 9.69 Å². The summed E-state index contributed by atoms with van der Waals surface area (Å²) in [7, 11) is -4.21. The number of piperidine rings is 1. The lowest BCUT2D eigenvalue weighted by molar-refractivity contribution is -0.137. The molecule has 40 heavy (non-hydrogen) atoms. The summed E-state index contributed by atoms with van der Waals surface area (Å²) >= 11 is 6.65. The standard InChI is InChI=1S/C28H33ClF3N3O4S/c29-24-17-23-25(9-13-39-26(23)14-19(24)18-34-10-2-1-3-11-34)33-27(36)16-21-7-5-12-35(21)40(37,38)22-8-4-6-20(15-22)28(30,31)32/h4,6,8,14-15,17,21,25H,1-3,5,7,9-13,16,18H2,(H,33,36)/t21?,25-/m1/s1. The third-order valence-electron chi connectivity index (χ3n) is 7.91. The van der Waals surface area contributed by atoms with E-state index >= 15 is 0 Å². The monoisotopic (exact) mass is 599 g/mol. The van der Waals surface area contributed by atoms with Gasteiger partial charge >= 0.3 is 6.18 Å². The first-order valence-electron chi connectivity index (χ1n) is 13.7. The Morgan fingerprint density at radius 3 is 2.58 bits per heavy atom. The molecular weight excluding hydrogens is 567 g/mol. The van der Waals surface area contributed by atoms with Crippen molar-refractivity contribution in [1.82, 2.24) is 14.5 Å². The van der Waals surface area contributed by atoms with Crippen LogP contribution in [-0.2, 0) is 27.5 Å². The maximum atomic E-state index is 13.3. The van der Waals surface area contributed by atoms with Crippen LogP contribution < -0.4 is 10.1 Å². The maximum Gasteiger partial charge on any atom is 0.416 e. The van der Waals surface area contributed by atoms with Crippen molar-refractivity contribution in [2.75, 3.05) is 26.2 Å². The minimum atomic E-state index is -4.66. The fourth-order valence-electron chi connectivity index (χ4n) is 5.85. The summed E-state index contributed by atoms with van der Waals surface area (Å²) in [6.07, 6.45) is 0.345. The number of ether oxygens (including phenoxy) is 1. The summed E-state index contributed by atoms with van der Waals surface area (Å²) in [4.78, 5) is 15.1. The number of carbonyl (C=O) groups is 1. The fourth-order valence-corrected chi connectivity index (χ4v) is 7.82. The molecule has 3 heterocycles. The molecule has 0 aliphatic carbocycles. The van der Waals surface area contributed by atoms with E-state index in [-0.39, 0.29) is 24.9 Å². The molecule has 1 unspecified atom stereocenters. The average molecular weight is 600 g/mol. The number of fused-ring (bicyclic) bond motifs is 1. The van der Waals surface area contributed by atoms with E-state index in [4.69, 9.17) is 16.3 Å². The Morgan fingerprint density at radius 2 is 1.82 bits per heavy atom. The van der Waals surface area contributed by atoms with Gasteiger partial charge in [-0.05, 0) is 74.7 Å². The summed E-state index contributed by atoms with van der Waals surface area (Å²) < 4.78 is 73.1. The highest BCUT2D eigenvalue weighted by Gasteiger charge is 2.38. The van der Waals surface area contributed by atoms with Gasteiger partial charge in [-0.1, -0.05) is 24.1 Å². The summed E-state index contributed by atoms with van der Waals surface area (Å²) in [5, 5.41) is 3.63. The molecule has 2 aromatic rings. The molecule has 218 valence electrons. The Kier molecular flexibility index (Phi) is 8.66. The smallest absolute Gasteiger partial charge is 0.416 e. The molecule has 0 spiro atoms. The summed E-state index contributed by atoms with van der Waals surface area (Å²) in [6, 6.07) is 6.53. The normalized spacial score (nSPS) is 22.5. The van der Waals surface area contributed by atoms with Crippen LogP contribution in [0.4, 0.5) is 13.2 Å². The zero-order valence-electron chi connectivity index (χ0n) is 22.1. The number of rotatable bonds is 7. The second-order valence-corrected chi connectivity index (χ2v) is 13.0. The predicted octanol–water partition coefficient (Wildman–Crippen LogP) is 5.53. The van der Waals surface area contributed by atoms with Crippen LogP contribution in [0.15, 0.2) is 41.3 Å². The van der Waals surface area contributed by atoms with Crippen LogP contribution >= 0.6 is 11.6 Å². The van der Waals surface area contributed by atoms with Crippen molar-refractivity contribution in [2.45, 2.75) is 74.6 Å². The van der Waals surface area contributed by atoms with Crippen LogP contribution in [-0.4, -0.2) is 55.8 Å². The van der Waals surface area contributed by atoms with Gasteiger partial charge in [0.15, 0.2) is 0 Å². The average Bonchev–Trinajstić information content (AvgIpc) is 3.39. The quantitative estimate of drug-likeness (QED) is 0.453. The number of benzene rings is 2. The second kappa shape index (κ2) is 11.9. The van der Waals surface area contributed by atoms with Gasteiger partial charge in [-0.25, -0.2) is 8.42 Å². The van der Waals surface area contributed by atoms with Gasteiger partial charge in [0.05, 0.1) is 23.1 Å². The molecule has 1 amide bonds. The van der Waals surface area contributed by atoms with Crippen molar-refractivity contribution in [1.29, 1.82) is 0 Å². The molecule has 2 aromatic carbocycles. The first kappa shape index (κ1) is 29.2. The van der Waals surface area contributed by atoms with Crippen LogP contribution in [0.1, 0.15) is 67.7 Å². The maximum absolute atomic E-state index is 13.3. The summed E-state index contributed by atoms with van der Waals surface area (Å²) in [6.45, 7) is 3.38. The third-order valence-corrected chi connectivity index (χ3v) is 10.2. The number of halogens is 4. The van der Waals surface area contributed by atoms with Crippen molar-refractivity contribution in [3.8, 4) is 5.75 Å². The van der Waals surface area contributed by atoms with E-state index in [0.717, 1.165) is 53.3 Å². The number of hydrogen-bond acceptors (Lipinski definition) is 5. The Balaban J connectivity index is 1.26. The van der Waals surface area contributed by atoms with Gasteiger partial charge in [-0.2, -0.15) is 17.5 Å². The van der Waals surface area contributed by atoms with Gasteiger partial charge in [0.2, 0.25) is 15.9 Å². The molecule has 2 atom stereocenters. The van der Waals surface area contributed by atoms with E-state index in [1.807, 2.05) is 12.1 Å². The summed E-state index contributed by atoms with van der Waals surface area (Å²) in [5.41, 5.74) is 0.737. The molecule has 0 aromatic heterocycles. The molecule has 3 aliphatic heterocycles. The van der Waals surface area contributed by atoms with Crippen LogP contribution in [0, 0.1) is 0 Å². The van der Waals surface area contributed by atoms with Crippen LogP contribution in [0.2, 0.25) is 5.02 Å². The zero-order valence-corrected chi connectivity index (χ0v) is 23.6. The molecule has 3 aliphatic rings. The minimum Gasteiger partial charge on any atom is -0.493 e. The van der Waals surface area contributed by atoms with Crippen molar-refractivity contribution < 1.29 is 31.1 Å². The molecule has 12 heteroatoms. The number of nitrogens with one attached hydrogen (secondary N) is 1. The van der Waals surface area contributed by atoms with Crippen molar-refractivity contribution in [3.05, 3.63) is 58.1 Å². The van der Waals surface area contributed by atoms with E-state index in [9.17, 15) is 26.4 Å². The first-order valence-corrected chi connectivity index (χ1v) is 15.5. The van der Waals surface area contributed by atoms with E-state index in [2.05, 4.69) is 10.2 Å². The highest BCUT2D eigenvalue weighted by atomic mass is 35.5. The Labute approximate surface area is 237 Å². The number of amides is 1. The van der Waals surface area contributed by atoms with E-state index in [1.54, 1.807) is 0 Å². The number of sulfonamides is 1.